The van der Waals surface area contributed by atoms with Crippen LogP contribution < -0.4 is 10.2 Å². The summed E-state index contributed by atoms with van der Waals surface area (Å²) >= 11 is 0. The molecule has 0 unspecified atom stereocenters. The van der Waals surface area contributed by atoms with Crippen molar-refractivity contribution in [2.24, 2.45) is 23.7 Å². The third kappa shape index (κ3) is 4.28. The number of allylic oxidation sites excluding steroid dienone is 1. The summed E-state index contributed by atoms with van der Waals surface area (Å²) < 4.78 is 24.7. The summed E-state index contributed by atoms with van der Waals surface area (Å²) in [4.78, 5) is 0. The molecule has 2 aromatic carbocycles. The van der Waals surface area contributed by atoms with Gasteiger partial charge in [-0.25, -0.2) is 0 Å². The zero-order valence-corrected chi connectivity index (χ0v) is 22.4. The SMILES string of the molecule is COC(=C1C2CC3CC(C2)CC1C3)c1cccc(OCc2ccc(B3OC(C)(C)C(C)(C)O3)cc2)c1. The minimum absolute atomic E-state index is 0.336. The van der Waals surface area contributed by atoms with Crippen LogP contribution in [-0.2, 0) is 20.7 Å². The van der Waals surface area contributed by atoms with Gasteiger partial charge in [0.15, 0.2) is 0 Å². The van der Waals surface area contributed by atoms with Gasteiger partial charge < -0.3 is 18.8 Å². The van der Waals surface area contributed by atoms with Crippen molar-refractivity contribution in [2.75, 3.05) is 7.11 Å². The molecule has 0 aromatic heterocycles. The van der Waals surface area contributed by atoms with Gasteiger partial charge in [-0.05, 0) is 112 Å². The van der Waals surface area contributed by atoms with Crippen LogP contribution in [0.5, 0.6) is 5.75 Å². The minimum atomic E-state index is -0.340. The van der Waals surface area contributed by atoms with Gasteiger partial charge in [-0.1, -0.05) is 36.4 Å². The Morgan fingerprint density at radius 3 is 2.06 bits per heavy atom. The Bertz CT molecular complexity index is 1100. The number of benzene rings is 2. The maximum atomic E-state index is 6.22. The molecule has 0 N–H and O–H groups in total. The predicted molar refractivity (Wildman–Crippen MR) is 144 cm³/mol. The standard InChI is InChI=1S/C31H39BO4/c1-30(2)31(3,4)36-32(35-30)26-11-9-20(10-12-26)19-34-27-8-6-7-23(18-27)29(33-5)28-24-14-21-13-22(16-24)17-25(28)15-21/h6-12,18,21-22,24-25H,13-17,19H2,1-5H3. The average Bonchev–Trinajstić information content (AvgIpc) is 3.06. The second-order valence-corrected chi connectivity index (χ2v) is 12.4. The van der Waals surface area contributed by atoms with Crippen LogP contribution in [0, 0.1) is 23.7 Å². The topological polar surface area (TPSA) is 36.9 Å². The third-order valence-corrected chi connectivity index (χ3v) is 9.49. The van der Waals surface area contributed by atoms with Crippen molar-refractivity contribution in [3.05, 3.63) is 65.2 Å². The van der Waals surface area contributed by atoms with Gasteiger partial charge in [0, 0.05) is 5.56 Å². The van der Waals surface area contributed by atoms with E-state index >= 15 is 0 Å². The van der Waals surface area contributed by atoms with E-state index in [-0.39, 0.29) is 18.3 Å². The average molecular weight is 486 g/mol. The van der Waals surface area contributed by atoms with Gasteiger partial charge in [-0.2, -0.15) is 0 Å². The molecule has 4 nitrogen and oxygen atoms in total. The molecule has 5 aliphatic rings. The van der Waals surface area contributed by atoms with Crippen LogP contribution in [0.4, 0.5) is 0 Å². The maximum absolute atomic E-state index is 6.22. The van der Waals surface area contributed by atoms with E-state index in [1.54, 1.807) is 5.57 Å². The first-order chi connectivity index (χ1) is 17.2. The van der Waals surface area contributed by atoms with Gasteiger partial charge in [0.2, 0.25) is 0 Å². The lowest BCUT2D eigenvalue weighted by Gasteiger charge is -2.51. The summed E-state index contributed by atoms with van der Waals surface area (Å²) in [5.74, 6) is 5.29. The van der Waals surface area contributed by atoms with Gasteiger partial charge in [0.1, 0.15) is 18.1 Å². The second kappa shape index (κ2) is 8.95. The fourth-order valence-electron chi connectivity index (χ4n) is 7.11. The van der Waals surface area contributed by atoms with E-state index in [0.717, 1.165) is 39.9 Å². The molecule has 0 spiro atoms. The molecule has 0 radical (unpaired) electrons. The van der Waals surface area contributed by atoms with E-state index < -0.39 is 0 Å². The van der Waals surface area contributed by atoms with Gasteiger partial charge in [0.05, 0.1) is 18.3 Å². The van der Waals surface area contributed by atoms with Crippen LogP contribution in [0.15, 0.2) is 54.1 Å². The summed E-state index contributed by atoms with van der Waals surface area (Å²) in [5, 5.41) is 0. The van der Waals surface area contributed by atoms with Gasteiger partial charge in [0.25, 0.3) is 0 Å². The molecule has 4 aliphatic carbocycles. The number of ether oxygens (including phenoxy) is 2. The molecule has 4 saturated carbocycles. The smallest absolute Gasteiger partial charge is 0.494 e. The Labute approximate surface area is 216 Å². The van der Waals surface area contributed by atoms with Crippen molar-refractivity contribution in [2.45, 2.75) is 77.6 Å². The van der Waals surface area contributed by atoms with Crippen molar-refractivity contribution in [3.63, 3.8) is 0 Å². The first-order valence-corrected chi connectivity index (χ1v) is 13.7. The highest BCUT2D eigenvalue weighted by molar-refractivity contribution is 6.62. The quantitative estimate of drug-likeness (QED) is 0.351. The normalized spacial score (nSPS) is 29.5. The van der Waals surface area contributed by atoms with Gasteiger partial charge in [-0.3, -0.25) is 0 Å². The largest absolute Gasteiger partial charge is 0.496 e. The van der Waals surface area contributed by atoms with Crippen LogP contribution in [0.2, 0.25) is 0 Å². The van der Waals surface area contributed by atoms with Crippen LogP contribution >= 0.6 is 0 Å². The van der Waals surface area contributed by atoms with Crippen molar-refractivity contribution in [1.82, 2.24) is 0 Å². The molecule has 1 saturated heterocycles. The van der Waals surface area contributed by atoms with Gasteiger partial charge in [-0.15, -0.1) is 0 Å². The Morgan fingerprint density at radius 2 is 1.47 bits per heavy atom. The summed E-state index contributed by atoms with van der Waals surface area (Å²) in [6.07, 6.45) is 6.88. The zero-order valence-electron chi connectivity index (χ0n) is 22.4. The number of methoxy groups -OCH3 is 1. The molecule has 1 aliphatic heterocycles. The molecule has 36 heavy (non-hydrogen) atoms. The Hall–Kier alpha value is -2.24. The van der Waals surface area contributed by atoms with Crippen LogP contribution in [0.25, 0.3) is 5.76 Å². The molecule has 2 aromatic rings. The highest BCUT2D eigenvalue weighted by atomic mass is 16.7. The second-order valence-electron chi connectivity index (χ2n) is 12.4. The Balaban J connectivity index is 1.14. The molecule has 1 heterocycles. The van der Waals surface area contributed by atoms with Crippen molar-refractivity contribution in [3.8, 4) is 5.75 Å². The van der Waals surface area contributed by atoms with Crippen LogP contribution in [-0.4, -0.2) is 25.4 Å². The highest BCUT2D eigenvalue weighted by Crippen LogP contribution is 2.58. The van der Waals surface area contributed by atoms with Crippen molar-refractivity contribution in [1.29, 1.82) is 0 Å². The lowest BCUT2D eigenvalue weighted by molar-refractivity contribution is 0.00578. The number of hydrogen-bond acceptors (Lipinski definition) is 4. The monoisotopic (exact) mass is 486 g/mol. The highest BCUT2D eigenvalue weighted by Gasteiger charge is 2.51. The number of hydrogen-bond donors (Lipinski definition) is 0. The minimum Gasteiger partial charge on any atom is -0.496 e. The summed E-state index contributed by atoms with van der Waals surface area (Å²) in [7, 11) is 1.50. The first kappa shape index (κ1) is 24.1. The fourth-order valence-corrected chi connectivity index (χ4v) is 7.11. The lowest BCUT2D eigenvalue weighted by atomic mass is 9.54. The molecule has 5 heteroatoms. The van der Waals surface area contributed by atoms with Crippen molar-refractivity contribution < 1.29 is 18.8 Å². The Morgan fingerprint density at radius 1 is 0.861 bits per heavy atom. The zero-order chi connectivity index (χ0) is 25.1. The molecule has 0 amide bonds. The molecular weight excluding hydrogens is 447 g/mol. The maximum Gasteiger partial charge on any atom is 0.494 e. The van der Waals surface area contributed by atoms with Crippen LogP contribution in [0.3, 0.4) is 0 Å². The molecule has 5 fully saturated rings. The van der Waals surface area contributed by atoms with E-state index in [2.05, 4.69) is 70.2 Å². The molecule has 190 valence electrons. The third-order valence-electron chi connectivity index (χ3n) is 9.49. The Kier molecular flexibility index (Phi) is 6.00. The van der Waals surface area contributed by atoms with E-state index in [9.17, 15) is 0 Å². The van der Waals surface area contributed by atoms with E-state index in [4.69, 9.17) is 18.8 Å². The molecule has 0 atom stereocenters. The molecule has 4 bridgehead atoms. The summed E-state index contributed by atoms with van der Waals surface area (Å²) in [5.41, 5.74) is 4.21. The summed E-state index contributed by atoms with van der Waals surface area (Å²) in [6, 6.07) is 16.8. The molecule has 7 rings (SSSR count). The lowest BCUT2D eigenvalue weighted by Crippen LogP contribution is -2.41. The van der Waals surface area contributed by atoms with Crippen molar-refractivity contribution >= 4 is 18.3 Å². The van der Waals surface area contributed by atoms with Gasteiger partial charge >= 0.3 is 7.12 Å². The van der Waals surface area contributed by atoms with E-state index in [1.807, 2.05) is 13.2 Å². The molecular formula is C31H39BO4. The van der Waals surface area contributed by atoms with E-state index in [0.29, 0.717) is 18.4 Å². The first-order valence-electron chi connectivity index (χ1n) is 13.7. The fraction of sp³-hybridized carbons (Fsp3) is 0.548. The number of rotatable bonds is 6. The summed E-state index contributed by atoms with van der Waals surface area (Å²) in [6.45, 7) is 8.84. The van der Waals surface area contributed by atoms with Crippen LogP contribution in [0.1, 0.15) is 70.9 Å². The predicted octanol–water partition coefficient (Wildman–Crippen LogP) is 6.38. The van der Waals surface area contributed by atoms with E-state index in [1.165, 1.54) is 32.1 Å².